The molecular weight excluding hydrogens is 218 g/mol. The maximum Gasteiger partial charge on any atom is 0.102 e. The van der Waals surface area contributed by atoms with Crippen LogP contribution in [0.4, 0.5) is 5.69 Å². The van der Waals surface area contributed by atoms with Crippen molar-refractivity contribution < 1.29 is 0 Å². The van der Waals surface area contributed by atoms with Crippen molar-refractivity contribution in [3.63, 3.8) is 0 Å². The van der Waals surface area contributed by atoms with Gasteiger partial charge in [-0.2, -0.15) is 0 Å². The summed E-state index contributed by atoms with van der Waals surface area (Å²) in [4.78, 5) is 1.20. The van der Waals surface area contributed by atoms with Gasteiger partial charge in [0.25, 0.3) is 0 Å². The molecule has 0 aliphatic carbocycles. The van der Waals surface area contributed by atoms with E-state index >= 15 is 0 Å². The maximum atomic E-state index is 5.68. The van der Waals surface area contributed by atoms with E-state index in [1.807, 2.05) is 30.3 Å². The molecule has 0 aliphatic rings. The van der Waals surface area contributed by atoms with Gasteiger partial charge in [-0.3, -0.25) is 0 Å². The zero-order valence-electron chi connectivity index (χ0n) is 6.69. The number of hydrogen-bond donors (Lipinski definition) is 1. The van der Waals surface area contributed by atoms with Crippen molar-refractivity contribution in [2.45, 2.75) is 0 Å². The summed E-state index contributed by atoms with van der Waals surface area (Å²) in [5.74, 6) is 0. The van der Waals surface area contributed by atoms with Crippen LogP contribution in [0.2, 0.25) is 0 Å². The molecule has 2 aromatic rings. The van der Waals surface area contributed by atoms with Crippen molar-refractivity contribution in [3.8, 4) is 10.4 Å². The average Bonchev–Trinajstić information content (AvgIpc) is 2.52. The minimum Gasteiger partial charge on any atom is -0.399 e. The number of benzene rings is 1. The molecule has 1 aromatic carbocycles. The molecule has 1 heterocycles. The summed E-state index contributed by atoms with van der Waals surface area (Å²) in [5.41, 5.74) is 7.63. The Bertz CT molecular complexity index is 469. The Hall–Kier alpha value is -0.710. The predicted octanol–water partition coefficient (Wildman–Crippen LogP) is 3.79. The van der Waals surface area contributed by atoms with Crippen LogP contribution in [0.25, 0.3) is 10.4 Å². The Morgan fingerprint density at radius 1 is 1.15 bits per heavy atom. The molecule has 0 spiro atoms. The minimum atomic E-state index is 0.793. The van der Waals surface area contributed by atoms with Crippen molar-refractivity contribution in [1.82, 2.24) is 0 Å². The first kappa shape index (κ1) is 8.87. The average molecular weight is 225 g/mol. The third-order valence-electron chi connectivity index (χ3n) is 1.63. The van der Waals surface area contributed by atoms with Gasteiger partial charge in [0, 0.05) is 10.6 Å². The van der Waals surface area contributed by atoms with E-state index in [4.69, 9.17) is 18.0 Å². The molecule has 0 radical (unpaired) electrons. The lowest BCUT2D eigenvalue weighted by Crippen LogP contribution is -1.83. The van der Waals surface area contributed by atoms with Crippen molar-refractivity contribution in [3.05, 3.63) is 34.2 Å². The first-order valence-electron chi connectivity index (χ1n) is 3.72. The molecule has 0 aliphatic heterocycles. The Balaban J connectivity index is 2.52. The molecule has 1 aromatic heterocycles. The van der Waals surface area contributed by atoms with Crippen LogP contribution in [0.1, 0.15) is 0 Å². The molecule has 4 heteroatoms. The quantitative estimate of drug-likeness (QED) is 0.454. The molecule has 2 rings (SSSR count). The smallest absolute Gasteiger partial charge is 0.102 e. The second-order valence-electron chi connectivity index (χ2n) is 2.62. The molecule has 0 saturated heterocycles. The highest BCUT2D eigenvalue weighted by Gasteiger charge is 1.99. The summed E-state index contributed by atoms with van der Waals surface area (Å²) in [6.07, 6.45) is 0. The zero-order valence-corrected chi connectivity index (χ0v) is 9.14. The van der Waals surface area contributed by atoms with E-state index in [9.17, 15) is 0 Å². The molecule has 0 atom stereocenters. The lowest BCUT2D eigenvalue weighted by molar-refractivity contribution is 1.68. The SMILES string of the molecule is Nc1cccc(-c2cc(=S)ss2)c1. The first-order valence-corrected chi connectivity index (χ1v) is 6.27. The van der Waals surface area contributed by atoms with Crippen LogP contribution in [0.3, 0.4) is 0 Å². The van der Waals surface area contributed by atoms with Crippen LogP contribution >= 0.6 is 32.9 Å². The van der Waals surface area contributed by atoms with Gasteiger partial charge in [-0.15, -0.1) is 0 Å². The summed E-state index contributed by atoms with van der Waals surface area (Å²) in [7, 11) is 3.31. The molecule has 0 unspecified atom stereocenters. The first-order chi connectivity index (χ1) is 6.25. The summed E-state index contributed by atoms with van der Waals surface area (Å²) in [6, 6.07) is 9.86. The predicted molar refractivity (Wildman–Crippen MR) is 62.9 cm³/mol. The molecular formula is C9H7NS3. The zero-order chi connectivity index (χ0) is 9.26. The number of hydrogen-bond acceptors (Lipinski definition) is 4. The molecule has 0 bridgehead atoms. The fourth-order valence-corrected chi connectivity index (χ4v) is 3.46. The van der Waals surface area contributed by atoms with Gasteiger partial charge in [0.2, 0.25) is 0 Å². The summed E-state index contributed by atoms with van der Waals surface area (Å²) < 4.78 is 0.933. The van der Waals surface area contributed by atoms with Gasteiger partial charge in [0.1, 0.15) is 3.82 Å². The van der Waals surface area contributed by atoms with Crippen LogP contribution in [0.15, 0.2) is 30.3 Å². The third kappa shape index (κ3) is 1.96. The fourth-order valence-electron chi connectivity index (χ4n) is 1.06. The van der Waals surface area contributed by atoms with Gasteiger partial charge in [-0.25, -0.2) is 0 Å². The van der Waals surface area contributed by atoms with E-state index < -0.39 is 0 Å². The molecule has 0 fully saturated rings. The fraction of sp³-hybridized carbons (Fsp3) is 0. The van der Waals surface area contributed by atoms with Gasteiger partial charge >= 0.3 is 0 Å². The van der Waals surface area contributed by atoms with E-state index in [1.54, 1.807) is 20.7 Å². The van der Waals surface area contributed by atoms with E-state index in [2.05, 4.69) is 0 Å². The van der Waals surface area contributed by atoms with Gasteiger partial charge in [-0.05, 0) is 23.8 Å². The Morgan fingerprint density at radius 2 is 2.00 bits per heavy atom. The Morgan fingerprint density at radius 3 is 2.62 bits per heavy atom. The number of nitrogens with two attached hydrogens (primary N) is 1. The van der Waals surface area contributed by atoms with Gasteiger partial charge in [-0.1, -0.05) is 45.0 Å². The van der Waals surface area contributed by atoms with Gasteiger partial charge < -0.3 is 5.73 Å². The van der Waals surface area contributed by atoms with Gasteiger partial charge in [0.15, 0.2) is 0 Å². The van der Waals surface area contributed by atoms with Crippen LogP contribution in [-0.2, 0) is 0 Å². The summed E-state index contributed by atoms with van der Waals surface area (Å²) >= 11 is 5.06. The van der Waals surface area contributed by atoms with E-state index in [0.29, 0.717) is 0 Å². The van der Waals surface area contributed by atoms with E-state index in [-0.39, 0.29) is 0 Å². The largest absolute Gasteiger partial charge is 0.399 e. The second kappa shape index (κ2) is 3.57. The maximum absolute atomic E-state index is 5.68. The lowest BCUT2D eigenvalue weighted by atomic mass is 10.2. The lowest BCUT2D eigenvalue weighted by Gasteiger charge is -1.97. The topological polar surface area (TPSA) is 26.0 Å². The number of nitrogen functional groups attached to an aromatic ring is 1. The normalized spacial score (nSPS) is 10.2. The molecule has 0 saturated carbocycles. The van der Waals surface area contributed by atoms with E-state index in [0.717, 1.165) is 15.1 Å². The van der Waals surface area contributed by atoms with Gasteiger partial charge in [0.05, 0.1) is 0 Å². The van der Waals surface area contributed by atoms with Crippen molar-refractivity contribution >= 4 is 38.6 Å². The second-order valence-corrected chi connectivity index (χ2v) is 5.53. The van der Waals surface area contributed by atoms with Crippen molar-refractivity contribution in [2.24, 2.45) is 0 Å². The Labute approximate surface area is 88.9 Å². The molecule has 13 heavy (non-hydrogen) atoms. The molecule has 2 N–H and O–H groups in total. The summed E-state index contributed by atoms with van der Waals surface area (Å²) in [5, 5.41) is 0. The molecule has 0 amide bonds. The highest BCUT2D eigenvalue weighted by Crippen LogP contribution is 2.29. The highest BCUT2D eigenvalue weighted by molar-refractivity contribution is 7.80. The van der Waals surface area contributed by atoms with E-state index in [1.165, 1.54) is 4.88 Å². The number of anilines is 1. The summed E-state index contributed by atoms with van der Waals surface area (Å²) in [6.45, 7) is 0. The van der Waals surface area contributed by atoms with Crippen LogP contribution < -0.4 is 5.73 Å². The third-order valence-corrected chi connectivity index (χ3v) is 4.54. The highest BCUT2D eigenvalue weighted by atomic mass is 32.9. The van der Waals surface area contributed by atoms with Crippen molar-refractivity contribution in [2.75, 3.05) is 5.73 Å². The van der Waals surface area contributed by atoms with Crippen molar-refractivity contribution in [1.29, 1.82) is 0 Å². The van der Waals surface area contributed by atoms with Crippen LogP contribution in [0.5, 0.6) is 0 Å². The standard InChI is InChI=1S/C9H7NS3/c10-7-3-1-2-6(4-7)8-5-9(11)13-12-8/h1-5H,10H2. The molecule has 66 valence electrons. The minimum absolute atomic E-state index is 0.793. The monoisotopic (exact) mass is 225 g/mol. The van der Waals surface area contributed by atoms with Crippen LogP contribution in [-0.4, -0.2) is 0 Å². The Kier molecular flexibility index (Phi) is 2.44. The van der Waals surface area contributed by atoms with Crippen LogP contribution in [0, 0.1) is 3.82 Å². The molecule has 1 nitrogen and oxygen atoms in total. The number of rotatable bonds is 1.